The van der Waals surface area contributed by atoms with E-state index in [2.05, 4.69) is 0 Å². The van der Waals surface area contributed by atoms with Gasteiger partial charge in [0.1, 0.15) is 0 Å². The first-order valence-electron chi connectivity index (χ1n) is 5.92. The second kappa shape index (κ2) is 5.19. The number of anilines is 1. The fourth-order valence-corrected chi connectivity index (χ4v) is 4.08. The molecule has 0 bridgehead atoms. The van der Waals surface area contributed by atoms with Gasteiger partial charge in [0.25, 0.3) is 0 Å². The summed E-state index contributed by atoms with van der Waals surface area (Å²) in [6, 6.07) is 13.4. The van der Waals surface area contributed by atoms with Gasteiger partial charge in [-0.25, -0.2) is 0 Å². The number of carbonyl (C=O) groups excluding carboxylic acids is 1. The van der Waals surface area contributed by atoms with Crippen LogP contribution in [0.2, 0.25) is 0 Å². The number of carbonyl (C=O) groups is 1. The highest BCUT2D eigenvalue weighted by Crippen LogP contribution is 2.41. The molecule has 1 aromatic heterocycles. The monoisotopic (exact) mass is 288 g/mol. The number of amidine groups is 1. The number of hydrogen-bond acceptors (Lipinski definition) is 4. The highest BCUT2D eigenvalue weighted by molar-refractivity contribution is 8.14. The Kier molecular flexibility index (Phi) is 3.40. The van der Waals surface area contributed by atoms with Crippen LogP contribution in [0, 0.1) is 5.41 Å². The molecule has 0 saturated carbocycles. The van der Waals surface area contributed by atoms with Crippen molar-refractivity contribution in [1.29, 1.82) is 5.41 Å². The maximum atomic E-state index is 12.3. The van der Waals surface area contributed by atoms with Gasteiger partial charge in [0.05, 0.1) is 10.9 Å². The molecular formula is C14H12N2OS2. The Morgan fingerprint density at radius 1 is 1.16 bits per heavy atom. The third-order valence-corrected chi connectivity index (χ3v) is 5.19. The molecule has 19 heavy (non-hydrogen) atoms. The lowest BCUT2D eigenvalue weighted by atomic mass is 10.2. The normalized spacial score (nSPS) is 19.8. The van der Waals surface area contributed by atoms with Gasteiger partial charge in [-0.15, -0.1) is 11.3 Å². The number of thiophene rings is 1. The van der Waals surface area contributed by atoms with Gasteiger partial charge < -0.3 is 0 Å². The lowest BCUT2D eigenvalue weighted by Gasteiger charge is -2.31. The number of nitrogens with one attached hydrogen (secondary N) is 1. The van der Waals surface area contributed by atoms with Crippen LogP contribution in [-0.2, 0) is 4.79 Å². The fourth-order valence-electron chi connectivity index (χ4n) is 2.06. The van der Waals surface area contributed by atoms with Gasteiger partial charge in [0.15, 0.2) is 5.17 Å². The SMILES string of the molecule is N=C1SC(c2cccs2)CC(=O)N1c1ccccc1. The van der Waals surface area contributed by atoms with E-state index in [1.165, 1.54) is 16.7 Å². The standard InChI is InChI=1S/C14H12N2OS2/c15-14-16(10-5-2-1-3-6-10)13(17)9-12(19-14)11-7-4-8-18-11/h1-8,12,15H,9H2. The summed E-state index contributed by atoms with van der Waals surface area (Å²) in [5, 5.41) is 10.5. The Morgan fingerprint density at radius 3 is 2.58 bits per heavy atom. The number of rotatable bonds is 2. The third kappa shape index (κ3) is 2.43. The van der Waals surface area contributed by atoms with Crippen molar-refractivity contribution in [1.82, 2.24) is 0 Å². The highest BCUT2D eigenvalue weighted by atomic mass is 32.2. The molecule has 0 radical (unpaired) electrons. The first kappa shape index (κ1) is 12.4. The van der Waals surface area contributed by atoms with Gasteiger partial charge in [-0.05, 0) is 23.6 Å². The summed E-state index contributed by atoms with van der Waals surface area (Å²) < 4.78 is 0. The second-order valence-electron chi connectivity index (χ2n) is 4.20. The van der Waals surface area contributed by atoms with Crippen LogP contribution in [0.15, 0.2) is 47.8 Å². The molecular weight excluding hydrogens is 276 g/mol. The molecule has 1 unspecified atom stereocenters. The minimum absolute atomic E-state index is 0.00616. The Balaban J connectivity index is 1.85. The van der Waals surface area contributed by atoms with Crippen LogP contribution in [0.3, 0.4) is 0 Å². The average molecular weight is 288 g/mol. The molecule has 1 N–H and O–H groups in total. The van der Waals surface area contributed by atoms with Crippen LogP contribution in [0.4, 0.5) is 5.69 Å². The number of nitrogens with zero attached hydrogens (tertiary/aromatic N) is 1. The van der Waals surface area contributed by atoms with E-state index in [0.29, 0.717) is 11.6 Å². The molecule has 1 aliphatic heterocycles. The number of hydrogen-bond donors (Lipinski definition) is 1. The van der Waals surface area contributed by atoms with Crippen LogP contribution in [-0.4, -0.2) is 11.1 Å². The van der Waals surface area contributed by atoms with E-state index in [-0.39, 0.29) is 11.2 Å². The van der Waals surface area contributed by atoms with Gasteiger partial charge in [-0.1, -0.05) is 36.0 Å². The van der Waals surface area contributed by atoms with Crippen molar-refractivity contribution in [3.8, 4) is 0 Å². The molecule has 5 heteroatoms. The molecule has 1 aromatic carbocycles. The molecule has 0 aliphatic carbocycles. The maximum Gasteiger partial charge on any atom is 0.234 e. The van der Waals surface area contributed by atoms with E-state index in [1.54, 1.807) is 11.3 Å². The van der Waals surface area contributed by atoms with Crippen LogP contribution in [0.5, 0.6) is 0 Å². The fraction of sp³-hybridized carbons (Fsp3) is 0.143. The van der Waals surface area contributed by atoms with E-state index < -0.39 is 0 Å². The molecule has 1 aliphatic rings. The van der Waals surface area contributed by atoms with Crippen LogP contribution >= 0.6 is 23.1 Å². The van der Waals surface area contributed by atoms with Crippen molar-refractivity contribution in [3.05, 3.63) is 52.7 Å². The van der Waals surface area contributed by atoms with Crippen molar-refractivity contribution in [3.63, 3.8) is 0 Å². The average Bonchev–Trinajstić information content (AvgIpc) is 2.93. The lowest BCUT2D eigenvalue weighted by Crippen LogP contribution is -2.39. The largest absolute Gasteiger partial charge is 0.278 e. The molecule has 0 spiro atoms. The zero-order valence-electron chi connectivity index (χ0n) is 10.1. The molecule has 3 nitrogen and oxygen atoms in total. The Bertz CT molecular complexity index is 577. The van der Waals surface area contributed by atoms with Gasteiger partial charge in [0.2, 0.25) is 5.91 Å². The summed E-state index contributed by atoms with van der Waals surface area (Å²) in [6.07, 6.45) is 0.447. The maximum absolute atomic E-state index is 12.3. The quantitative estimate of drug-likeness (QED) is 0.911. The molecule has 3 rings (SSSR count). The molecule has 1 amide bonds. The molecule has 96 valence electrons. The summed E-state index contributed by atoms with van der Waals surface area (Å²) in [5.41, 5.74) is 0.773. The van der Waals surface area contributed by atoms with Gasteiger partial charge in [0, 0.05) is 11.3 Å². The second-order valence-corrected chi connectivity index (χ2v) is 6.37. The number of amides is 1. The smallest absolute Gasteiger partial charge is 0.234 e. The van der Waals surface area contributed by atoms with Crippen molar-refractivity contribution in [2.45, 2.75) is 11.7 Å². The third-order valence-electron chi connectivity index (χ3n) is 2.94. The lowest BCUT2D eigenvalue weighted by molar-refractivity contribution is -0.117. The highest BCUT2D eigenvalue weighted by Gasteiger charge is 2.33. The van der Waals surface area contributed by atoms with Crippen molar-refractivity contribution in [2.75, 3.05) is 4.90 Å². The zero-order valence-corrected chi connectivity index (χ0v) is 11.7. The van der Waals surface area contributed by atoms with Crippen LogP contribution in [0.1, 0.15) is 16.5 Å². The summed E-state index contributed by atoms with van der Waals surface area (Å²) in [4.78, 5) is 14.9. The van der Waals surface area contributed by atoms with Crippen LogP contribution < -0.4 is 4.90 Å². The van der Waals surface area contributed by atoms with E-state index in [1.807, 2.05) is 47.8 Å². The van der Waals surface area contributed by atoms with Crippen molar-refractivity contribution in [2.24, 2.45) is 0 Å². The predicted octanol–water partition coefficient (Wildman–Crippen LogP) is 3.89. The topological polar surface area (TPSA) is 44.2 Å². The molecule has 1 atom stereocenters. The molecule has 2 aromatic rings. The van der Waals surface area contributed by atoms with Crippen molar-refractivity contribution < 1.29 is 4.79 Å². The summed E-state index contributed by atoms with van der Waals surface area (Å²) in [5.74, 6) is -0.00616. The molecule has 2 heterocycles. The van der Waals surface area contributed by atoms with E-state index in [4.69, 9.17) is 5.41 Å². The Morgan fingerprint density at radius 2 is 1.95 bits per heavy atom. The van der Waals surface area contributed by atoms with Crippen molar-refractivity contribution >= 4 is 39.9 Å². The molecule has 1 fully saturated rings. The summed E-state index contributed by atoms with van der Waals surface area (Å²) in [7, 11) is 0. The summed E-state index contributed by atoms with van der Waals surface area (Å²) in [6.45, 7) is 0. The number of para-hydroxylation sites is 1. The van der Waals surface area contributed by atoms with Gasteiger partial charge in [-0.2, -0.15) is 0 Å². The minimum atomic E-state index is -0.00616. The zero-order chi connectivity index (χ0) is 13.2. The first-order valence-corrected chi connectivity index (χ1v) is 7.68. The summed E-state index contributed by atoms with van der Waals surface area (Å²) >= 11 is 3.09. The first-order chi connectivity index (χ1) is 9.25. The van der Waals surface area contributed by atoms with Crippen LogP contribution in [0.25, 0.3) is 0 Å². The molecule has 1 saturated heterocycles. The van der Waals surface area contributed by atoms with E-state index >= 15 is 0 Å². The Hall–Kier alpha value is -1.59. The number of benzene rings is 1. The Labute approximate surface area is 119 Å². The predicted molar refractivity (Wildman–Crippen MR) is 80.9 cm³/mol. The van der Waals surface area contributed by atoms with E-state index in [9.17, 15) is 4.79 Å². The number of thioether (sulfide) groups is 1. The van der Waals surface area contributed by atoms with Gasteiger partial charge in [-0.3, -0.25) is 15.1 Å². The van der Waals surface area contributed by atoms with E-state index in [0.717, 1.165) is 10.6 Å². The minimum Gasteiger partial charge on any atom is -0.278 e. The van der Waals surface area contributed by atoms with Gasteiger partial charge >= 0.3 is 0 Å².